The molecule has 0 radical (unpaired) electrons. The van der Waals surface area contributed by atoms with Gasteiger partial charge in [-0.25, -0.2) is 9.78 Å². The predicted octanol–water partition coefficient (Wildman–Crippen LogP) is 1.93. The summed E-state index contributed by atoms with van der Waals surface area (Å²) < 4.78 is 31.9. The zero-order valence-corrected chi connectivity index (χ0v) is 13.6. The number of hydrogen-bond donors (Lipinski definition) is 0. The lowest BCUT2D eigenvalue weighted by Gasteiger charge is -2.24. The summed E-state index contributed by atoms with van der Waals surface area (Å²) in [5.74, 6) is 0.346. The van der Waals surface area contributed by atoms with Crippen LogP contribution >= 0.6 is 0 Å². The first-order chi connectivity index (χ1) is 9.48. The third kappa shape index (κ3) is 6.54. The Bertz CT molecular complexity index is 607. The molecule has 21 heavy (non-hydrogen) atoms. The van der Waals surface area contributed by atoms with Crippen molar-refractivity contribution in [1.82, 2.24) is 4.98 Å². The second-order valence-electron chi connectivity index (χ2n) is 5.53. The van der Waals surface area contributed by atoms with E-state index in [0.29, 0.717) is 11.4 Å². The minimum Gasteiger partial charge on any atom is -0.443 e. The van der Waals surface area contributed by atoms with Gasteiger partial charge < -0.3 is 4.74 Å². The van der Waals surface area contributed by atoms with Gasteiger partial charge in [0.2, 0.25) is 0 Å². The van der Waals surface area contributed by atoms with E-state index >= 15 is 0 Å². The number of anilines is 1. The second kappa shape index (κ2) is 6.40. The molecule has 0 aliphatic heterocycles. The minimum atomic E-state index is -3.52. The van der Waals surface area contributed by atoms with Gasteiger partial charge in [0.15, 0.2) is 0 Å². The van der Waals surface area contributed by atoms with E-state index in [2.05, 4.69) is 4.98 Å². The van der Waals surface area contributed by atoms with Crippen LogP contribution in [0.4, 0.5) is 10.6 Å². The van der Waals surface area contributed by atoms with Gasteiger partial charge in [0, 0.05) is 13.2 Å². The Kier molecular flexibility index (Phi) is 5.30. The van der Waals surface area contributed by atoms with Gasteiger partial charge in [-0.3, -0.25) is 9.08 Å². The Labute approximate surface area is 125 Å². The van der Waals surface area contributed by atoms with Crippen molar-refractivity contribution >= 4 is 22.0 Å². The van der Waals surface area contributed by atoms with Crippen LogP contribution in [0.2, 0.25) is 0 Å². The lowest BCUT2D eigenvalue weighted by atomic mass is 10.2. The molecule has 118 valence electrons. The molecule has 0 atom stereocenters. The highest BCUT2D eigenvalue weighted by Gasteiger charge is 2.21. The summed E-state index contributed by atoms with van der Waals surface area (Å²) in [6.45, 7) is 5.18. The van der Waals surface area contributed by atoms with Crippen LogP contribution in [0, 0.1) is 0 Å². The summed E-state index contributed by atoms with van der Waals surface area (Å²) in [6.07, 6.45) is 1.90. The van der Waals surface area contributed by atoms with Crippen LogP contribution in [0.5, 0.6) is 0 Å². The first-order valence-corrected chi connectivity index (χ1v) is 8.05. The molecule has 0 bridgehead atoms. The average molecular weight is 316 g/mol. The van der Waals surface area contributed by atoms with Crippen molar-refractivity contribution in [2.24, 2.45) is 0 Å². The smallest absolute Gasteiger partial charge is 0.415 e. The van der Waals surface area contributed by atoms with E-state index in [1.807, 2.05) is 0 Å². The molecular weight excluding hydrogens is 296 g/mol. The fraction of sp³-hybridized carbons (Fsp3) is 0.538. The number of nitrogens with zero attached hydrogens (tertiary/aromatic N) is 2. The van der Waals surface area contributed by atoms with Crippen LogP contribution < -0.4 is 4.90 Å². The van der Waals surface area contributed by atoms with E-state index < -0.39 is 21.8 Å². The number of hydrogen-bond acceptors (Lipinski definition) is 6. The molecule has 0 saturated carbocycles. The van der Waals surface area contributed by atoms with Gasteiger partial charge in [0.25, 0.3) is 10.1 Å². The monoisotopic (exact) mass is 316 g/mol. The first kappa shape index (κ1) is 17.4. The van der Waals surface area contributed by atoms with Crippen LogP contribution in [0.3, 0.4) is 0 Å². The highest BCUT2D eigenvalue weighted by Crippen LogP contribution is 2.16. The average Bonchev–Trinajstić information content (AvgIpc) is 2.33. The SMILES string of the molecule is CN(C(=O)OC(C)(C)C)c1cc(COS(C)(=O)=O)ccn1. The van der Waals surface area contributed by atoms with Gasteiger partial charge in [-0.2, -0.15) is 8.42 Å². The Morgan fingerprint density at radius 3 is 2.52 bits per heavy atom. The summed E-state index contributed by atoms with van der Waals surface area (Å²) >= 11 is 0. The van der Waals surface area contributed by atoms with Crippen molar-refractivity contribution < 1.29 is 22.1 Å². The zero-order valence-electron chi connectivity index (χ0n) is 12.8. The predicted molar refractivity (Wildman–Crippen MR) is 78.5 cm³/mol. The maximum atomic E-state index is 11.9. The zero-order chi connectivity index (χ0) is 16.3. The molecule has 0 saturated heterocycles. The van der Waals surface area contributed by atoms with E-state index in [-0.39, 0.29) is 6.61 Å². The van der Waals surface area contributed by atoms with Gasteiger partial charge in [-0.1, -0.05) is 0 Å². The van der Waals surface area contributed by atoms with Gasteiger partial charge in [0.1, 0.15) is 11.4 Å². The molecule has 0 fully saturated rings. The van der Waals surface area contributed by atoms with Crippen LogP contribution in [-0.4, -0.2) is 38.4 Å². The van der Waals surface area contributed by atoms with E-state index in [4.69, 9.17) is 8.92 Å². The lowest BCUT2D eigenvalue weighted by molar-refractivity contribution is 0.0588. The van der Waals surface area contributed by atoms with Gasteiger partial charge >= 0.3 is 6.09 Å². The third-order valence-corrected chi connectivity index (χ3v) is 2.81. The van der Waals surface area contributed by atoms with Crippen molar-refractivity contribution in [2.45, 2.75) is 33.0 Å². The topological polar surface area (TPSA) is 85.8 Å². The molecule has 1 rings (SSSR count). The third-order valence-electron chi connectivity index (χ3n) is 2.26. The van der Waals surface area contributed by atoms with Gasteiger partial charge in [-0.05, 0) is 38.5 Å². The molecule has 0 aliphatic carbocycles. The Hall–Kier alpha value is -1.67. The summed E-state index contributed by atoms with van der Waals surface area (Å²) in [6, 6.07) is 3.17. The Morgan fingerprint density at radius 2 is 2.00 bits per heavy atom. The molecule has 0 unspecified atom stereocenters. The number of pyridine rings is 1. The molecule has 0 spiro atoms. The Balaban J connectivity index is 2.82. The highest BCUT2D eigenvalue weighted by atomic mass is 32.2. The summed E-state index contributed by atoms with van der Waals surface area (Å²) in [4.78, 5) is 17.2. The molecule has 7 nitrogen and oxygen atoms in total. The van der Waals surface area contributed by atoms with Crippen molar-refractivity contribution in [3.63, 3.8) is 0 Å². The number of rotatable bonds is 4. The fourth-order valence-electron chi connectivity index (χ4n) is 1.33. The molecule has 0 aliphatic rings. The van der Waals surface area contributed by atoms with E-state index in [1.54, 1.807) is 32.9 Å². The van der Waals surface area contributed by atoms with Crippen LogP contribution in [-0.2, 0) is 25.6 Å². The van der Waals surface area contributed by atoms with Crippen molar-refractivity contribution in [2.75, 3.05) is 18.2 Å². The normalized spacial score (nSPS) is 12.0. The molecule has 0 aromatic carbocycles. The van der Waals surface area contributed by atoms with Crippen LogP contribution in [0.1, 0.15) is 26.3 Å². The molecular formula is C13H20N2O5S. The summed E-state index contributed by atoms with van der Waals surface area (Å²) in [7, 11) is -2.00. The highest BCUT2D eigenvalue weighted by molar-refractivity contribution is 7.85. The number of aromatic nitrogens is 1. The van der Waals surface area contributed by atoms with Crippen molar-refractivity contribution in [3.05, 3.63) is 23.9 Å². The summed E-state index contributed by atoms with van der Waals surface area (Å²) in [5.41, 5.74) is -0.0247. The van der Waals surface area contributed by atoms with Gasteiger partial charge in [-0.15, -0.1) is 0 Å². The number of carbonyl (C=O) groups is 1. The standard InChI is InChI=1S/C13H20N2O5S/c1-13(2,3)20-12(16)15(4)11-8-10(6-7-14-11)9-19-21(5,17)18/h6-8H,9H2,1-5H3. The van der Waals surface area contributed by atoms with E-state index in [1.165, 1.54) is 18.1 Å². The van der Waals surface area contributed by atoms with Crippen LogP contribution in [0.15, 0.2) is 18.3 Å². The quantitative estimate of drug-likeness (QED) is 0.789. The fourth-order valence-corrected chi connectivity index (χ4v) is 1.68. The number of amides is 1. The molecule has 0 N–H and O–H groups in total. The maximum absolute atomic E-state index is 11.9. The molecule has 1 amide bonds. The Morgan fingerprint density at radius 1 is 1.38 bits per heavy atom. The first-order valence-electron chi connectivity index (χ1n) is 6.24. The van der Waals surface area contributed by atoms with Crippen molar-refractivity contribution in [3.8, 4) is 0 Å². The van der Waals surface area contributed by atoms with Crippen molar-refractivity contribution in [1.29, 1.82) is 0 Å². The molecule has 1 aromatic rings. The largest absolute Gasteiger partial charge is 0.443 e. The van der Waals surface area contributed by atoms with Gasteiger partial charge in [0.05, 0.1) is 12.9 Å². The molecule has 8 heteroatoms. The number of carbonyl (C=O) groups excluding carboxylic acids is 1. The number of ether oxygens (including phenoxy) is 1. The maximum Gasteiger partial charge on any atom is 0.415 e. The molecule has 1 heterocycles. The molecule has 1 aromatic heterocycles. The minimum absolute atomic E-state index is 0.115. The summed E-state index contributed by atoms with van der Waals surface area (Å²) in [5, 5.41) is 0. The second-order valence-corrected chi connectivity index (χ2v) is 7.17. The van der Waals surface area contributed by atoms with Crippen LogP contribution in [0.25, 0.3) is 0 Å². The van der Waals surface area contributed by atoms with E-state index in [0.717, 1.165) is 6.26 Å². The van der Waals surface area contributed by atoms with E-state index in [9.17, 15) is 13.2 Å². The lowest BCUT2D eigenvalue weighted by Crippen LogP contribution is -2.34.